The number of hydrogen-bond acceptors (Lipinski definition) is 3. The van der Waals surface area contributed by atoms with Crippen LogP contribution >= 0.6 is 34.8 Å². The average molecular weight is 347 g/mol. The average Bonchev–Trinajstić information content (AvgIpc) is 2.45. The third-order valence-electron chi connectivity index (χ3n) is 2.82. The minimum absolute atomic E-state index is 0.123. The SMILES string of the molecule is CCOc1ccc(Cl)cc1CNc1cc(Cl)c(O)c(Cl)c1. The molecule has 0 aliphatic rings. The van der Waals surface area contributed by atoms with E-state index in [1.165, 1.54) is 0 Å². The van der Waals surface area contributed by atoms with Crippen molar-refractivity contribution in [3.8, 4) is 11.5 Å². The number of ether oxygens (including phenoxy) is 1. The van der Waals surface area contributed by atoms with Gasteiger partial charge in [-0.05, 0) is 37.3 Å². The fraction of sp³-hybridized carbons (Fsp3) is 0.200. The fourth-order valence-corrected chi connectivity index (χ4v) is 2.53. The van der Waals surface area contributed by atoms with Gasteiger partial charge in [0.1, 0.15) is 5.75 Å². The van der Waals surface area contributed by atoms with Crippen LogP contribution in [0.2, 0.25) is 15.1 Å². The molecule has 0 unspecified atom stereocenters. The molecule has 0 amide bonds. The Balaban J connectivity index is 2.18. The fourth-order valence-electron chi connectivity index (χ4n) is 1.85. The molecule has 0 radical (unpaired) electrons. The summed E-state index contributed by atoms with van der Waals surface area (Å²) >= 11 is 17.8. The van der Waals surface area contributed by atoms with Crippen molar-refractivity contribution in [1.82, 2.24) is 0 Å². The number of phenolic OH excluding ortho intramolecular Hbond substituents is 1. The highest BCUT2D eigenvalue weighted by molar-refractivity contribution is 6.37. The topological polar surface area (TPSA) is 41.5 Å². The molecular weight excluding hydrogens is 333 g/mol. The molecule has 0 aromatic heterocycles. The Hall–Kier alpha value is -1.29. The van der Waals surface area contributed by atoms with Gasteiger partial charge in [-0.2, -0.15) is 0 Å². The second-order valence-electron chi connectivity index (χ2n) is 4.33. The van der Waals surface area contributed by atoms with Crippen molar-refractivity contribution < 1.29 is 9.84 Å². The summed E-state index contributed by atoms with van der Waals surface area (Å²) in [6.07, 6.45) is 0. The molecule has 3 nitrogen and oxygen atoms in total. The Labute approximate surface area is 138 Å². The minimum atomic E-state index is -0.123. The van der Waals surface area contributed by atoms with E-state index in [9.17, 15) is 5.11 Å². The number of halogens is 3. The van der Waals surface area contributed by atoms with Gasteiger partial charge >= 0.3 is 0 Å². The highest BCUT2D eigenvalue weighted by atomic mass is 35.5. The number of aromatic hydroxyl groups is 1. The van der Waals surface area contributed by atoms with Gasteiger partial charge in [-0.3, -0.25) is 0 Å². The van der Waals surface area contributed by atoms with E-state index >= 15 is 0 Å². The zero-order valence-electron chi connectivity index (χ0n) is 11.3. The second kappa shape index (κ2) is 7.12. The highest BCUT2D eigenvalue weighted by Gasteiger charge is 2.08. The number of hydrogen-bond donors (Lipinski definition) is 2. The largest absolute Gasteiger partial charge is 0.505 e. The molecule has 0 heterocycles. The molecule has 0 atom stereocenters. The maximum absolute atomic E-state index is 9.54. The molecule has 0 aliphatic carbocycles. The summed E-state index contributed by atoms with van der Waals surface area (Å²) in [4.78, 5) is 0. The van der Waals surface area contributed by atoms with E-state index in [2.05, 4.69) is 5.32 Å². The first-order chi connectivity index (χ1) is 10.0. The van der Waals surface area contributed by atoms with E-state index in [0.717, 1.165) is 11.3 Å². The van der Waals surface area contributed by atoms with Crippen LogP contribution in [0, 0.1) is 0 Å². The minimum Gasteiger partial charge on any atom is -0.505 e. The van der Waals surface area contributed by atoms with Crippen molar-refractivity contribution in [2.75, 3.05) is 11.9 Å². The van der Waals surface area contributed by atoms with Gasteiger partial charge in [0.25, 0.3) is 0 Å². The summed E-state index contributed by atoms with van der Waals surface area (Å²) in [5, 5.41) is 13.7. The number of anilines is 1. The smallest absolute Gasteiger partial charge is 0.152 e. The summed E-state index contributed by atoms with van der Waals surface area (Å²) in [5.74, 6) is 0.645. The van der Waals surface area contributed by atoms with Crippen molar-refractivity contribution in [2.24, 2.45) is 0 Å². The normalized spacial score (nSPS) is 10.5. The molecule has 0 spiro atoms. The Kier molecular flexibility index (Phi) is 5.45. The zero-order chi connectivity index (χ0) is 15.4. The van der Waals surface area contributed by atoms with E-state index in [0.29, 0.717) is 23.9 Å². The van der Waals surface area contributed by atoms with E-state index in [-0.39, 0.29) is 15.8 Å². The lowest BCUT2D eigenvalue weighted by molar-refractivity contribution is 0.337. The molecule has 0 saturated carbocycles. The predicted molar refractivity (Wildman–Crippen MR) is 88.1 cm³/mol. The maximum atomic E-state index is 9.54. The van der Waals surface area contributed by atoms with Gasteiger partial charge in [-0.25, -0.2) is 0 Å². The van der Waals surface area contributed by atoms with Crippen LogP contribution in [0.15, 0.2) is 30.3 Å². The lowest BCUT2D eigenvalue weighted by Crippen LogP contribution is -2.03. The molecule has 0 bridgehead atoms. The van der Waals surface area contributed by atoms with Gasteiger partial charge in [-0.15, -0.1) is 0 Å². The molecule has 6 heteroatoms. The van der Waals surface area contributed by atoms with Gasteiger partial charge in [-0.1, -0.05) is 34.8 Å². The first kappa shape index (κ1) is 16.1. The Bertz CT molecular complexity index is 624. The first-order valence-corrected chi connectivity index (χ1v) is 7.47. The zero-order valence-corrected chi connectivity index (χ0v) is 13.6. The second-order valence-corrected chi connectivity index (χ2v) is 5.58. The summed E-state index contributed by atoms with van der Waals surface area (Å²) in [6.45, 7) is 2.99. The summed E-state index contributed by atoms with van der Waals surface area (Å²) in [5.41, 5.74) is 1.62. The molecule has 2 aromatic carbocycles. The van der Waals surface area contributed by atoms with Crippen LogP contribution in [0.5, 0.6) is 11.5 Å². The first-order valence-electron chi connectivity index (χ1n) is 6.34. The van der Waals surface area contributed by atoms with Gasteiger partial charge in [0.15, 0.2) is 5.75 Å². The van der Waals surface area contributed by atoms with Crippen LogP contribution in [0.1, 0.15) is 12.5 Å². The molecule has 112 valence electrons. The lowest BCUT2D eigenvalue weighted by Gasteiger charge is -2.13. The van der Waals surface area contributed by atoms with Gasteiger partial charge in [0, 0.05) is 22.8 Å². The summed E-state index contributed by atoms with van der Waals surface area (Å²) in [7, 11) is 0. The molecule has 2 N–H and O–H groups in total. The number of nitrogens with one attached hydrogen (secondary N) is 1. The van der Waals surface area contributed by atoms with Crippen LogP contribution in [-0.4, -0.2) is 11.7 Å². The third-order valence-corrected chi connectivity index (χ3v) is 3.63. The van der Waals surface area contributed by atoms with E-state index in [1.54, 1.807) is 18.2 Å². The monoisotopic (exact) mass is 345 g/mol. The maximum Gasteiger partial charge on any atom is 0.152 e. The van der Waals surface area contributed by atoms with E-state index in [4.69, 9.17) is 39.5 Å². The van der Waals surface area contributed by atoms with E-state index in [1.807, 2.05) is 19.1 Å². The Morgan fingerprint density at radius 1 is 1.10 bits per heavy atom. The van der Waals surface area contributed by atoms with Gasteiger partial charge < -0.3 is 15.2 Å². The predicted octanol–water partition coefficient (Wildman–Crippen LogP) is 5.36. The molecule has 0 aliphatic heterocycles. The van der Waals surface area contributed by atoms with Crippen LogP contribution in [0.4, 0.5) is 5.69 Å². The molecule has 2 aromatic rings. The Morgan fingerprint density at radius 2 is 1.76 bits per heavy atom. The lowest BCUT2D eigenvalue weighted by atomic mass is 10.2. The molecule has 2 rings (SSSR count). The Morgan fingerprint density at radius 3 is 2.38 bits per heavy atom. The molecule has 0 fully saturated rings. The number of rotatable bonds is 5. The molecule has 0 saturated heterocycles. The van der Waals surface area contributed by atoms with Crippen molar-refractivity contribution >= 4 is 40.5 Å². The van der Waals surface area contributed by atoms with Crippen molar-refractivity contribution in [3.63, 3.8) is 0 Å². The summed E-state index contributed by atoms with van der Waals surface area (Å²) in [6, 6.07) is 8.66. The van der Waals surface area contributed by atoms with Crippen LogP contribution in [0.25, 0.3) is 0 Å². The van der Waals surface area contributed by atoms with Crippen molar-refractivity contribution in [3.05, 3.63) is 51.0 Å². The van der Waals surface area contributed by atoms with Crippen molar-refractivity contribution in [2.45, 2.75) is 13.5 Å². The number of phenols is 1. The van der Waals surface area contributed by atoms with Crippen LogP contribution < -0.4 is 10.1 Å². The molecular formula is C15H14Cl3NO2. The molecule has 21 heavy (non-hydrogen) atoms. The van der Waals surface area contributed by atoms with Gasteiger partial charge in [0.2, 0.25) is 0 Å². The van der Waals surface area contributed by atoms with Crippen LogP contribution in [0.3, 0.4) is 0 Å². The summed E-state index contributed by atoms with van der Waals surface area (Å²) < 4.78 is 5.56. The van der Waals surface area contributed by atoms with Crippen molar-refractivity contribution in [1.29, 1.82) is 0 Å². The number of benzene rings is 2. The van der Waals surface area contributed by atoms with E-state index < -0.39 is 0 Å². The standard InChI is InChI=1S/C15H14Cl3NO2/c1-2-21-14-4-3-10(16)5-9(14)8-19-11-6-12(17)15(20)13(18)7-11/h3-7,19-20H,2,8H2,1H3. The quantitative estimate of drug-likeness (QED) is 0.716. The highest BCUT2D eigenvalue weighted by Crippen LogP contribution is 2.35. The van der Waals surface area contributed by atoms with Gasteiger partial charge in [0.05, 0.1) is 16.7 Å². The third kappa shape index (κ3) is 4.10. The van der Waals surface area contributed by atoms with Crippen LogP contribution in [-0.2, 0) is 6.54 Å².